The van der Waals surface area contributed by atoms with Crippen LogP contribution in [-0.2, 0) is 9.53 Å². The smallest absolute Gasteiger partial charge is 0.316 e. The number of pyridine rings is 1. The maximum Gasteiger partial charge on any atom is 0.316 e. The molecule has 6 rings (SSSR count). The van der Waals surface area contributed by atoms with Crippen molar-refractivity contribution >= 4 is 71.4 Å². The van der Waals surface area contributed by atoms with Crippen LogP contribution >= 0.6 is 23.1 Å². The van der Waals surface area contributed by atoms with Crippen LogP contribution in [0.5, 0.6) is 0 Å². The number of hydrogen-bond acceptors (Lipinski definition) is 9. The van der Waals surface area contributed by atoms with E-state index in [1.165, 1.54) is 35.0 Å². The van der Waals surface area contributed by atoms with E-state index in [2.05, 4.69) is 51.4 Å². The van der Waals surface area contributed by atoms with Crippen molar-refractivity contribution in [2.45, 2.75) is 18.9 Å². The normalized spacial score (nSPS) is 11.6. The van der Waals surface area contributed by atoms with Crippen molar-refractivity contribution in [2.24, 2.45) is 0 Å². The molecule has 0 aliphatic heterocycles. The van der Waals surface area contributed by atoms with Gasteiger partial charge in [-0.05, 0) is 25.5 Å². The van der Waals surface area contributed by atoms with Gasteiger partial charge < -0.3 is 4.74 Å². The third-order valence-electron chi connectivity index (χ3n) is 5.73. The number of aromatic nitrogens is 5. The summed E-state index contributed by atoms with van der Waals surface area (Å²) in [6, 6.07) is 16.3. The molecule has 172 valence electrons. The minimum Gasteiger partial charge on any atom is -0.465 e. The highest BCUT2D eigenvalue weighted by Crippen LogP contribution is 2.44. The van der Waals surface area contributed by atoms with Crippen molar-refractivity contribution in [3.63, 3.8) is 0 Å². The maximum atomic E-state index is 12.0. The van der Waals surface area contributed by atoms with Crippen LogP contribution in [0.25, 0.3) is 53.5 Å². The minimum atomic E-state index is -0.267. The molecule has 7 nitrogen and oxygen atoms in total. The van der Waals surface area contributed by atoms with E-state index >= 15 is 0 Å². The summed E-state index contributed by atoms with van der Waals surface area (Å²) >= 11 is 2.88. The Morgan fingerprint density at radius 1 is 1.00 bits per heavy atom. The first-order valence-corrected chi connectivity index (χ1v) is 12.9. The fourth-order valence-electron chi connectivity index (χ4n) is 4.16. The van der Waals surface area contributed by atoms with E-state index in [4.69, 9.17) is 9.72 Å². The number of thioether (sulfide) groups is 1. The van der Waals surface area contributed by atoms with E-state index in [-0.39, 0.29) is 11.7 Å². The van der Waals surface area contributed by atoms with Gasteiger partial charge in [0, 0.05) is 16.3 Å². The van der Waals surface area contributed by atoms with Gasteiger partial charge in [-0.2, -0.15) is 0 Å². The highest BCUT2D eigenvalue weighted by molar-refractivity contribution is 8.00. The first-order valence-electron chi connectivity index (χ1n) is 11.1. The Morgan fingerprint density at radius 2 is 1.83 bits per heavy atom. The van der Waals surface area contributed by atoms with Gasteiger partial charge in [0.2, 0.25) is 0 Å². The summed E-state index contributed by atoms with van der Waals surface area (Å²) in [4.78, 5) is 27.0. The van der Waals surface area contributed by atoms with Crippen molar-refractivity contribution in [1.29, 1.82) is 0 Å². The molecule has 4 aromatic heterocycles. The van der Waals surface area contributed by atoms with Gasteiger partial charge in [0.05, 0.1) is 28.1 Å². The number of esters is 1. The average Bonchev–Trinajstić information content (AvgIpc) is 3.25. The average molecular weight is 498 g/mol. The third-order valence-corrected chi connectivity index (χ3v) is 7.91. The summed E-state index contributed by atoms with van der Waals surface area (Å²) in [6.45, 7) is 4.22. The Labute approximate surface area is 208 Å². The molecule has 0 atom stereocenters. The predicted octanol–water partition coefficient (Wildman–Crippen LogP) is 5.97. The second-order valence-corrected chi connectivity index (χ2v) is 9.96. The molecule has 0 N–H and O–H groups in total. The lowest BCUT2D eigenvalue weighted by Gasteiger charge is -2.10. The summed E-state index contributed by atoms with van der Waals surface area (Å²) in [7, 11) is 0. The van der Waals surface area contributed by atoms with Crippen LogP contribution in [0.15, 0.2) is 59.9 Å². The molecule has 0 aliphatic carbocycles. The molecular weight excluding hydrogens is 478 g/mol. The number of thiophene rings is 1. The van der Waals surface area contributed by atoms with Crippen LogP contribution in [-0.4, -0.2) is 43.5 Å². The van der Waals surface area contributed by atoms with E-state index < -0.39 is 0 Å². The monoisotopic (exact) mass is 497 g/mol. The second-order valence-electron chi connectivity index (χ2n) is 8.00. The van der Waals surface area contributed by atoms with Crippen LogP contribution in [0.4, 0.5) is 0 Å². The maximum absolute atomic E-state index is 12.0. The molecule has 0 radical (unpaired) electrons. The number of benzene rings is 2. The summed E-state index contributed by atoms with van der Waals surface area (Å²) in [6.07, 6.45) is 1.54. The zero-order valence-electron chi connectivity index (χ0n) is 19.0. The lowest BCUT2D eigenvalue weighted by molar-refractivity contribution is -0.139. The molecule has 0 aliphatic rings. The number of fused-ring (bicyclic) bond motifs is 6. The first-order chi connectivity index (χ1) is 17.1. The number of carbonyl (C=O) groups is 1. The van der Waals surface area contributed by atoms with Crippen LogP contribution in [0.2, 0.25) is 0 Å². The number of rotatable bonds is 5. The van der Waals surface area contributed by atoms with Gasteiger partial charge in [0.1, 0.15) is 27.2 Å². The lowest BCUT2D eigenvalue weighted by atomic mass is 9.99. The number of carbonyl (C=O) groups excluding carboxylic acids is 1. The molecule has 4 heterocycles. The van der Waals surface area contributed by atoms with Gasteiger partial charge in [-0.1, -0.05) is 59.8 Å². The third kappa shape index (κ3) is 3.77. The fourth-order valence-corrected chi connectivity index (χ4v) is 6.17. The van der Waals surface area contributed by atoms with E-state index in [1.807, 2.05) is 24.3 Å². The molecule has 0 saturated heterocycles. The fraction of sp³-hybridized carbons (Fsp3) is 0.154. The molecule has 35 heavy (non-hydrogen) atoms. The zero-order chi connectivity index (χ0) is 23.9. The van der Waals surface area contributed by atoms with Crippen LogP contribution in [0, 0.1) is 6.92 Å². The number of hydrogen-bond donors (Lipinski definition) is 0. The molecule has 6 aromatic rings. The Bertz CT molecular complexity index is 1750. The van der Waals surface area contributed by atoms with Crippen molar-refractivity contribution in [1.82, 2.24) is 25.1 Å². The van der Waals surface area contributed by atoms with E-state index in [0.717, 1.165) is 58.5 Å². The quantitative estimate of drug-likeness (QED) is 0.125. The second kappa shape index (κ2) is 8.83. The van der Waals surface area contributed by atoms with E-state index in [9.17, 15) is 4.79 Å². The van der Waals surface area contributed by atoms with Crippen LogP contribution in [0.3, 0.4) is 0 Å². The topological polar surface area (TPSA) is 90.8 Å². The molecule has 9 heteroatoms. The minimum absolute atomic E-state index is 0.185. The standard InChI is InChI=1S/C26H19N5O2S2/c1-3-33-18(32)12-34-26-24-23(27-13-28-26)20-19(15-10-8-14(2)9-11-15)22-21(29-25(20)35-24)16-6-4-5-7-17(16)30-31-22/h4-11,13H,3,12H2,1-2H3. The molecule has 0 spiro atoms. The van der Waals surface area contributed by atoms with Gasteiger partial charge in [0.15, 0.2) is 0 Å². The largest absolute Gasteiger partial charge is 0.465 e. The van der Waals surface area contributed by atoms with Gasteiger partial charge in [-0.15, -0.1) is 21.5 Å². The number of ether oxygens (including phenoxy) is 1. The van der Waals surface area contributed by atoms with Crippen molar-refractivity contribution < 1.29 is 9.53 Å². The van der Waals surface area contributed by atoms with Gasteiger partial charge >= 0.3 is 5.97 Å². The first kappa shape index (κ1) is 21.8. The van der Waals surface area contributed by atoms with Gasteiger partial charge in [-0.3, -0.25) is 4.79 Å². The predicted molar refractivity (Wildman–Crippen MR) is 141 cm³/mol. The lowest BCUT2D eigenvalue weighted by Crippen LogP contribution is -2.06. The Kier molecular flexibility index (Phi) is 5.50. The van der Waals surface area contributed by atoms with Crippen molar-refractivity contribution in [3.8, 4) is 11.1 Å². The van der Waals surface area contributed by atoms with Crippen molar-refractivity contribution in [3.05, 3.63) is 60.4 Å². The van der Waals surface area contributed by atoms with E-state index in [1.54, 1.807) is 6.92 Å². The van der Waals surface area contributed by atoms with Crippen LogP contribution < -0.4 is 0 Å². The highest BCUT2D eigenvalue weighted by atomic mass is 32.2. The zero-order valence-corrected chi connectivity index (χ0v) is 20.6. The number of aryl methyl sites for hydroxylation is 1. The Hall–Kier alpha value is -3.69. The summed E-state index contributed by atoms with van der Waals surface area (Å²) < 4.78 is 5.98. The summed E-state index contributed by atoms with van der Waals surface area (Å²) in [5, 5.41) is 11.7. The molecule has 0 saturated carbocycles. The number of nitrogens with zero attached hydrogens (tertiary/aromatic N) is 5. The highest BCUT2D eigenvalue weighted by Gasteiger charge is 2.22. The molecule has 0 unspecified atom stereocenters. The van der Waals surface area contributed by atoms with Gasteiger partial charge in [0.25, 0.3) is 0 Å². The molecular formula is C26H19N5O2S2. The SMILES string of the molecule is CCOC(=O)CSc1ncnc2c1sc1nc3c(nnc4ccccc43)c(-c3ccc(C)cc3)c12. The van der Waals surface area contributed by atoms with Crippen molar-refractivity contribution in [2.75, 3.05) is 12.4 Å². The van der Waals surface area contributed by atoms with Gasteiger partial charge in [-0.25, -0.2) is 15.0 Å². The Balaban J connectivity index is 1.68. The van der Waals surface area contributed by atoms with E-state index in [0.29, 0.717) is 6.61 Å². The van der Waals surface area contributed by atoms with Crippen LogP contribution in [0.1, 0.15) is 12.5 Å². The summed E-state index contributed by atoms with van der Waals surface area (Å²) in [5.41, 5.74) is 6.29. The molecule has 0 bridgehead atoms. The molecule has 2 aromatic carbocycles. The summed E-state index contributed by atoms with van der Waals surface area (Å²) in [5.74, 6) is -0.0822. The molecule has 0 fully saturated rings. The Morgan fingerprint density at radius 3 is 2.66 bits per heavy atom. The molecule has 0 amide bonds.